The lowest BCUT2D eigenvalue weighted by Gasteiger charge is -2.15. The van der Waals surface area contributed by atoms with Gasteiger partial charge in [0, 0.05) is 23.8 Å². The Labute approximate surface area is 123 Å². The SMILES string of the molecule is CCNc1ccc(C)cc1C(=O)NC(C)c1nccs1. The number of aryl methyl sites for hydroxylation is 1. The van der Waals surface area contributed by atoms with Gasteiger partial charge in [-0.3, -0.25) is 4.79 Å². The van der Waals surface area contributed by atoms with Crippen LogP contribution < -0.4 is 10.6 Å². The number of hydrogen-bond acceptors (Lipinski definition) is 4. The van der Waals surface area contributed by atoms with E-state index < -0.39 is 0 Å². The Morgan fingerprint density at radius 3 is 2.90 bits per heavy atom. The highest BCUT2D eigenvalue weighted by atomic mass is 32.1. The molecule has 2 aromatic rings. The summed E-state index contributed by atoms with van der Waals surface area (Å²) in [5.41, 5.74) is 2.61. The fourth-order valence-corrected chi connectivity index (χ4v) is 2.62. The van der Waals surface area contributed by atoms with Gasteiger partial charge in [-0.1, -0.05) is 11.6 Å². The summed E-state index contributed by atoms with van der Waals surface area (Å²) in [5, 5.41) is 9.04. The molecule has 2 N–H and O–H groups in total. The van der Waals surface area contributed by atoms with Gasteiger partial charge in [0.25, 0.3) is 5.91 Å². The van der Waals surface area contributed by atoms with Crippen LogP contribution in [0.25, 0.3) is 0 Å². The van der Waals surface area contributed by atoms with Crippen molar-refractivity contribution in [3.05, 3.63) is 45.9 Å². The quantitative estimate of drug-likeness (QED) is 0.887. The molecule has 1 unspecified atom stereocenters. The Morgan fingerprint density at radius 1 is 1.45 bits per heavy atom. The highest BCUT2D eigenvalue weighted by Crippen LogP contribution is 2.20. The van der Waals surface area contributed by atoms with Crippen LogP contribution in [-0.4, -0.2) is 17.4 Å². The van der Waals surface area contributed by atoms with Gasteiger partial charge >= 0.3 is 0 Å². The van der Waals surface area contributed by atoms with Gasteiger partial charge in [-0.25, -0.2) is 4.98 Å². The molecule has 5 heteroatoms. The van der Waals surface area contributed by atoms with Crippen molar-refractivity contribution in [2.45, 2.75) is 26.8 Å². The maximum Gasteiger partial charge on any atom is 0.253 e. The van der Waals surface area contributed by atoms with Crippen molar-refractivity contribution in [3.63, 3.8) is 0 Å². The third-order valence-corrected chi connectivity index (χ3v) is 3.91. The molecular weight excluding hydrogens is 270 g/mol. The molecule has 0 fully saturated rings. The van der Waals surface area contributed by atoms with Crippen molar-refractivity contribution in [1.82, 2.24) is 10.3 Å². The summed E-state index contributed by atoms with van der Waals surface area (Å²) >= 11 is 1.54. The molecule has 0 aliphatic carbocycles. The zero-order chi connectivity index (χ0) is 14.5. The predicted molar refractivity (Wildman–Crippen MR) is 83.3 cm³/mol. The topological polar surface area (TPSA) is 54.0 Å². The van der Waals surface area contributed by atoms with E-state index in [1.807, 2.05) is 44.4 Å². The highest BCUT2D eigenvalue weighted by molar-refractivity contribution is 7.09. The molecule has 1 atom stereocenters. The van der Waals surface area contributed by atoms with Crippen LogP contribution in [0.4, 0.5) is 5.69 Å². The summed E-state index contributed by atoms with van der Waals surface area (Å²) in [4.78, 5) is 16.7. The maximum absolute atomic E-state index is 12.4. The summed E-state index contributed by atoms with van der Waals surface area (Å²) < 4.78 is 0. The maximum atomic E-state index is 12.4. The number of anilines is 1. The summed E-state index contributed by atoms with van der Waals surface area (Å²) in [6.45, 7) is 6.72. The zero-order valence-electron chi connectivity index (χ0n) is 11.9. The van der Waals surface area contributed by atoms with Crippen molar-refractivity contribution in [2.24, 2.45) is 0 Å². The van der Waals surface area contributed by atoms with E-state index in [0.29, 0.717) is 5.56 Å². The van der Waals surface area contributed by atoms with E-state index in [9.17, 15) is 4.79 Å². The molecule has 0 saturated heterocycles. The Balaban J connectivity index is 2.18. The summed E-state index contributed by atoms with van der Waals surface area (Å²) in [6, 6.07) is 5.76. The van der Waals surface area contributed by atoms with Crippen LogP contribution in [0.3, 0.4) is 0 Å². The third kappa shape index (κ3) is 3.36. The minimum atomic E-state index is -0.0857. The van der Waals surface area contributed by atoms with E-state index in [1.54, 1.807) is 17.5 Å². The summed E-state index contributed by atoms with van der Waals surface area (Å²) in [5.74, 6) is -0.0765. The lowest BCUT2D eigenvalue weighted by molar-refractivity contribution is 0.0940. The number of carbonyl (C=O) groups excluding carboxylic acids is 1. The van der Waals surface area contributed by atoms with Crippen LogP contribution in [0.15, 0.2) is 29.8 Å². The molecule has 20 heavy (non-hydrogen) atoms. The van der Waals surface area contributed by atoms with Gasteiger partial charge in [-0.15, -0.1) is 11.3 Å². The molecule has 0 aliphatic heterocycles. The predicted octanol–water partition coefficient (Wildman–Crippen LogP) is 3.37. The van der Waals surface area contributed by atoms with Crippen LogP contribution in [0.1, 0.15) is 40.8 Å². The first-order valence-corrected chi connectivity index (χ1v) is 7.54. The van der Waals surface area contributed by atoms with Gasteiger partial charge in [0.05, 0.1) is 11.6 Å². The highest BCUT2D eigenvalue weighted by Gasteiger charge is 2.16. The van der Waals surface area contributed by atoms with Crippen molar-refractivity contribution in [2.75, 3.05) is 11.9 Å². The number of nitrogens with zero attached hydrogens (tertiary/aromatic N) is 1. The van der Waals surface area contributed by atoms with Crippen LogP contribution in [0.2, 0.25) is 0 Å². The Kier molecular flexibility index (Phi) is 4.74. The largest absolute Gasteiger partial charge is 0.385 e. The molecule has 0 radical (unpaired) electrons. The standard InChI is InChI=1S/C15H19N3OS/c1-4-16-13-6-5-10(2)9-12(13)14(19)18-11(3)15-17-7-8-20-15/h5-9,11,16H,4H2,1-3H3,(H,18,19). The summed E-state index contributed by atoms with van der Waals surface area (Å²) in [7, 11) is 0. The van der Waals surface area contributed by atoms with Gasteiger partial charge in [0.2, 0.25) is 0 Å². The number of aromatic nitrogens is 1. The summed E-state index contributed by atoms with van der Waals surface area (Å²) in [6.07, 6.45) is 1.75. The molecule has 106 valence electrons. The van der Waals surface area contributed by atoms with Gasteiger partial charge < -0.3 is 10.6 Å². The lowest BCUT2D eigenvalue weighted by atomic mass is 10.1. The van der Waals surface area contributed by atoms with Crippen LogP contribution in [0, 0.1) is 6.92 Å². The van der Waals surface area contributed by atoms with Crippen LogP contribution in [-0.2, 0) is 0 Å². The van der Waals surface area contributed by atoms with E-state index in [2.05, 4.69) is 15.6 Å². The Hall–Kier alpha value is -1.88. The molecule has 0 saturated carbocycles. The second kappa shape index (κ2) is 6.52. The monoisotopic (exact) mass is 289 g/mol. The number of rotatable bonds is 5. The molecule has 1 aromatic heterocycles. The smallest absolute Gasteiger partial charge is 0.253 e. The Bertz CT molecular complexity index is 581. The van der Waals surface area contributed by atoms with E-state index >= 15 is 0 Å². The molecule has 1 amide bonds. The molecule has 0 spiro atoms. The van der Waals surface area contributed by atoms with E-state index in [0.717, 1.165) is 22.8 Å². The molecule has 2 rings (SSSR count). The number of carbonyl (C=O) groups is 1. The number of amides is 1. The van der Waals surface area contributed by atoms with Crippen LogP contribution >= 0.6 is 11.3 Å². The van der Waals surface area contributed by atoms with Crippen LogP contribution in [0.5, 0.6) is 0 Å². The lowest BCUT2D eigenvalue weighted by Crippen LogP contribution is -2.27. The van der Waals surface area contributed by atoms with Crippen molar-refractivity contribution in [3.8, 4) is 0 Å². The zero-order valence-corrected chi connectivity index (χ0v) is 12.8. The number of benzene rings is 1. The minimum absolute atomic E-state index is 0.0765. The Morgan fingerprint density at radius 2 is 2.25 bits per heavy atom. The first-order chi connectivity index (χ1) is 9.61. The van der Waals surface area contributed by atoms with E-state index in [4.69, 9.17) is 0 Å². The van der Waals surface area contributed by atoms with Crippen molar-refractivity contribution < 1.29 is 4.79 Å². The van der Waals surface area contributed by atoms with Crippen molar-refractivity contribution >= 4 is 22.9 Å². The second-order valence-corrected chi connectivity index (χ2v) is 5.57. The first kappa shape index (κ1) is 14.5. The third-order valence-electron chi connectivity index (χ3n) is 2.96. The molecule has 1 heterocycles. The second-order valence-electron chi connectivity index (χ2n) is 4.64. The molecule has 4 nitrogen and oxygen atoms in total. The average molecular weight is 289 g/mol. The van der Waals surface area contributed by atoms with E-state index in [-0.39, 0.29) is 11.9 Å². The average Bonchev–Trinajstić information content (AvgIpc) is 2.95. The fraction of sp³-hybridized carbons (Fsp3) is 0.333. The number of hydrogen-bond donors (Lipinski definition) is 2. The van der Waals surface area contributed by atoms with Gasteiger partial charge in [0.15, 0.2) is 0 Å². The van der Waals surface area contributed by atoms with Gasteiger partial charge in [0.1, 0.15) is 5.01 Å². The normalized spacial score (nSPS) is 11.9. The van der Waals surface area contributed by atoms with E-state index in [1.165, 1.54) is 0 Å². The number of nitrogens with one attached hydrogen (secondary N) is 2. The fourth-order valence-electron chi connectivity index (χ4n) is 1.98. The van der Waals surface area contributed by atoms with Gasteiger partial charge in [-0.2, -0.15) is 0 Å². The molecule has 0 aliphatic rings. The van der Waals surface area contributed by atoms with Crippen molar-refractivity contribution in [1.29, 1.82) is 0 Å². The molecule has 0 bridgehead atoms. The molecule has 1 aromatic carbocycles. The first-order valence-electron chi connectivity index (χ1n) is 6.66. The minimum Gasteiger partial charge on any atom is -0.385 e. The number of thiazole rings is 1. The van der Waals surface area contributed by atoms with Gasteiger partial charge in [-0.05, 0) is 32.9 Å². The molecular formula is C15H19N3OS.